The van der Waals surface area contributed by atoms with Crippen molar-refractivity contribution >= 4 is 5.78 Å². The summed E-state index contributed by atoms with van der Waals surface area (Å²) in [4.78, 5) is 12.3. The first-order valence-electron chi connectivity index (χ1n) is 6.17. The van der Waals surface area contributed by atoms with Crippen LogP contribution in [0.5, 0.6) is 5.75 Å². The van der Waals surface area contributed by atoms with E-state index in [0.29, 0.717) is 31.1 Å². The van der Waals surface area contributed by atoms with Crippen LogP contribution in [0.1, 0.15) is 24.2 Å². The lowest BCUT2D eigenvalue weighted by molar-refractivity contribution is -0.0719. The van der Waals surface area contributed by atoms with Crippen LogP contribution < -0.4 is 4.74 Å². The lowest BCUT2D eigenvalue weighted by Gasteiger charge is -2.23. The van der Waals surface area contributed by atoms with Gasteiger partial charge in [-0.05, 0) is 26.0 Å². The van der Waals surface area contributed by atoms with Gasteiger partial charge in [-0.3, -0.25) is 4.79 Å². The van der Waals surface area contributed by atoms with Gasteiger partial charge in [0.2, 0.25) is 0 Å². The van der Waals surface area contributed by atoms with E-state index >= 15 is 0 Å². The third-order valence-corrected chi connectivity index (χ3v) is 2.62. The molecule has 1 aromatic carbocycles. The van der Waals surface area contributed by atoms with Crippen molar-refractivity contribution in [3.63, 3.8) is 0 Å². The van der Waals surface area contributed by atoms with Crippen LogP contribution in [0.3, 0.4) is 0 Å². The molecule has 1 aliphatic rings. The highest BCUT2D eigenvalue weighted by molar-refractivity contribution is 6.02. The van der Waals surface area contributed by atoms with Gasteiger partial charge in [0, 0.05) is 0 Å². The zero-order chi connectivity index (χ0) is 13.0. The molecule has 0 bridgehead atoms. The minimum atomic E-state index is -0.518. The summed E-state index contributed by atoms with van der Waals surface area (Å²) in [6.45, 7) is 5.19. The Morgan fingerprint density at radius 1 is 1.33 bits per heavy atom. The molecule has 0 aliphatic carbocycles. The third-order valence-electron chi connectivity index (χ3n) is 2.62. The average Bonchev–Trinajstić information content (AvgIpc) is 2.39. The van der Waals surface area contributed by atoms with Gasteiger partial charge >= 0.3 is 0 Å². The van der Waals surface area contributed by atoms with Crippen molar-refractivity contribution in [2.75, 3.05) is 19.8 Å². The maximum absolute atomic E-state index is 12.3. The van der Waals surface area contributed by atoms with E-state index in [1.807, 2.05) is 26.0 Å². The number of hydrogen-bond donors (Lipinski definition) is 0. The summed E-state index contributed by atoms with van der Waals surface area (Å²) in [5.74, 6) is 0.526. The Morgan fingerprint density at radius 3 is 2.78 bits per heavy atom. The van der Waals surface area contributed by atoms with E-state index in [-0.39, 0.29) is 11.9 Å². The Balaban J connectivity index is 2.18. The lowest BCUT2D eigenvalue weighted by Crippen LogP contribution is -2.35. The van der Waals surface area contributed by atoms with Gasteiger partial charge < -0.3 is 14.2 Å². The van der Waals surface area contributed by atoms with Crippen molar-refractivity contribution in [3.05, 3.63) is 29.8 Å². The molecule has 0 amide bonds. The molecule has 18 heavy (non-hydrogen) atoms. The summed E-state index contributed by atoms with van der Waals surface area (Å²) in [5.41, 5.74) is 0.557. The first-order chi connectivity index (χ1) is 8.68. The fourth-order valence-corrected chi connectivity index (χ4v) is 1.84. The monoisotopic (exact) mass is 250 g/mol. The molecule has 4 nitrogen and oxygen atoms in total. The van der Waals surface area contributed by atoms with Gasteiger partial charge in [0.25, 0.3) is 0 Å². The van der Waals surface area contributed by atoms with Gasteiger partial charge in [-0.2, -0.15) is 0 Å². The molecule has 2 rings (SSSR count). The van der Waals surface area contributed by atoms with Crippen molar-refractivity contribution in [1.29, 1.82) is 0 Å². The van der Waals surface area contributed by atoms with Gasteiger partial charge in [-0.25, -0.2) is 0 Å². The summed E-state index contributed by atoms with van der Waals surface area (Å²) in [6, 6.07) is 7.24. The van der Waals surface area contributed by atoms with E-state index in [2.05, 4.69) is 0 Å². The molecule has 0 aromatic heterocycles. The number of ketones is 1. The van der Waals surface area contributed by atoms with E-state index in [4.69, 9.17) is 14.2 Å². The Labute approximate surface area is 107 Å². The molecule has 1 aliphatic heterocycles. The van der Waals surface area contributed by atoms with Crippen LogP contribution >= 0.6 is 0 Å². The van der Waals surface area contributed by atoms with Crippen LogP contribution in [0, 0.1) is 0 Å². The molecule has 1 unspecified atom stereocenters. The van der Waals surface area contributed by atoms with E-state index in [1.54, 1.807) is 12.1 Å². The number of rotatable bonds is 4. The Kier molecular flexibility index (Phi) is 4.33. The zero-order valence-electron chi connectivity index (χ0n) is 10.7. The number of carbonyl (C=O) groups is 1. The minimum Gasteiger partial charge on any atom is -0.490 e. The molecule has 98 valence electrons. The standard InChI is InChI=1S/C14H18O4/c1-10(2)18-12-6-4-3-5-11(12)14(15)13-9-16-7-8-17-13/h3-6,10,13H,7-9H2,1-2H3. The predicted octanol–water partition coefficient (Wildman–Crippen LogP) is 2.07. The molecule has 1 saturated heterocycles. The molecule has 1 fully saturated rings. The van der Waals surface area contributed by atoms with E-state index in [0.717, 1.165) is 0 Å². The first kappa shape index (κ1) is 13.1. The summed E-state index contributed by atoms with van der Waals surface area (Å²) >= 11 is 0. The fraction of sp³-hybridized carbons (Fsp3) is 0.500. The topological polar surface area (TPSA) is 44.8 Å². The van der Waals surface area contributed by atoms with Crippen LogP contribution in [-0.2, 0) is 9.47 Å². The third kappa shape index (κ3) is 3.09. The van der Waals surface area contributed by atoms with Crippen molar-refractivity contribution in [2.45, 2.75) is 26.1 Å². The van der Waals surface area contributed by atoms with Crippen LogP contribution in [-0.4, -0.2) is 37.8 Å². The van der Waals surface area contributed by atoms with E-state index in [9.17, 15) is 4.79 Å². The van der Waals surface area contributed by atoms with Gasteiger partial charge in [0.15, 0.2) is 5.78 Å². The minimum absolute atomic E-state index is 0.0301. The van der Waals surface area contributed by atoms with E-state index in [1.165, 1.54) is 0 Å². The Bertz CT molecular complexity index is 408. The summed E-state index contributed by atoms with van der Waals surface area (Å²) in [7, 11) is 0. The zero-order valence-corrected chi connectivity index (χ0v) is 10.7. The summed E-state index contributed by atoms with van der Waals surface area (Å²) < 4.78 is 16.3. The SMILES string of the molecule is CC(C)Oc1ccccc1C(=O)C1COCCO1. The number of ether oxygens (including phenoxy) is 3. The summed E-state index contributed by atoms with van der Waals surface area (Å²) in [5, 5.41) is 0. The second-order valence-electron chi connectivity index (χ2n) is 4.46. The van der Waals surface area contributed by atoms with Crippen LogP contribution in [0.25, 0.3) is 0 Å². The highest BCUT2D eigenvalue weighted by Crippen LogP contribution is 2.22. The number of carbonyl (C=O) groups excluding carboxylic acids is 1. The predicted molar refractivity (Wildman–Crippen MR) is 67.1 cm³/mol. The van der Waals surface area contributed by atoms with Gasteiger partial charge in [-0.1, -0.05) is 12.1 Å². The molecular formula is C14H18O4. The van der Waals surface area contributed by atoms with Gasteiger partial charge in [-0.15, -0.1) is 0 Å². The normalized spacial score (nSPS) is 19.8. The first-order valence-corrected chi connectivity index (χ1v) is 6.17. The van der Waals surface area contributed by atoms with E-state index < -0.39 is 6.10 Å². The highest BCUT2D eigenvalue weighted by Gasteiger charge is 2.26. The molecule has 0 saturated carbocycles. The largest absolute Gasteiger partial charge is 0.490 e. The quantitative estimate of drug-likeness (QED) is 0.767. The van der Waals surface area contributed by atoms with Crippen LogP contribution in [0.15, 0.2) is 24.3 Å². The van der Waals surface area contributed by atoms with Crippen LogP contribution in [0.4, 0.5) is 0 Å². The molecule has 1 heterocycles. The molecule has 4 heteroatoms. The van der Waals surface area contributed by atoms with Crippen molar-refractivity contribution in [1.82, 2.24) is 0 Å². The van der Waals surface area contributed by atoms with Crippen molar-refractivity contribution < 1.29 is 19.0 Å². The Morgan fingerprint density at radius 2 is 2.11 bits per heavy atom. The molecule has 1 aromatic rings. The molecular weight excluding hydrogens is 232 g/mol. The summed E-state index contributed by atoms with van der Waals surface area (Å²) in [6.07, 6.45) is -0.488. The fourth-order valence-electron chi connectivity index (χ4n) is 1.84. The lowest BCUT2D eigenvalue weighted by atomic mass is 10.1. The maximum atomic E-state index is 12.3. The Hall–Kier alpha value is -1.39. The smallest absolute Gasteiger partial charge is 0.197 e. The molecule has 0 radical (unpaired) electrons. The van der Waals surface area contributed by atoms with Crippen LogP contribution in [0.2, 0.25) is 0 Å². The second kappa shape index (κ2) is 5.98. The maximum Gasteiger partial charge on any atom is 0.197 e. The van der Waals surface area contributed by atoms with Gasteiger partial charge in [0.05, 0.1) is 31.5 Å². The number of Topliss-reactive ketones (excluding diaryl/α,β-unsaturated/α-hetero) is 1. The molecule has 0 N–H and O–H groups in total. The van der Waals surface area contributed by atoms with Crippen molar-refractivity contribution in [2.24, 2.45) is 0 Å². The second-order valence-corrected chi connectivity index (χ2v) is 4.46. The van der Waals surface area contributed by atoms with Gasteiger partial charge in [0.1, 0.15) is 11.9 Å². The average molecular weight is 250 g/mol. The number of para-hydroxylation sites is 1. The molecule has 0 spiro atoms. The molecule has 1 atom stereocenters. The number of benzene rings is 1. The van der Waals surface area contributed by atoms with Crippen molar-refractivity contribution in [3.8, 4) is 5.75 Å². The number of hydrogen-bond acceptors (Lipinski definition) is 4. The highest BCUT2D eigenvalue weighted by atomic mass is 16.6.